The van der Waals surface area contributed by atoms with Crippen molar-refractivity contribution >= 4 is 28.5 Å². The van der Waals surface area contributed by atoms with Crippen molar-refractivity contribution in [1.29, 1.82) is 0 Å². The molecule has 0 heterocycles. The van der Waals surface area contributed by atoms with E-state index in [1.54, 1.807) is 6.92 Å². The van der Waals surface area contributed by atoms with E-state index in [0.717, 1.165) is 21.0 Å². The van der Waals surface area contributed by atoms with Crippen molar-refractivity contribution in [1.82, 2.24) is 0 Å². The Kier molecular flexibility index (Phi) is 3.40. The summed E-state index contributed by atoms with van der Waals surface area (Å²) >= 11 is 7.18. The van der Waals surface area contributed by atoms with E-state index in [1.807, 2.05) is 26.0 Å². The van der Waals surface area contributed by atoms with Gasteiger partial charge in [0.2, 0.25) is 0 Å². The van der Waals surface area contributed by atoms with E-state index in [0.29, 0.717) is 0 Å². The smallest absolute Gasteiger partial charge is 0.190 e. The molecule has 0 saturated carbocycles. The monoisotopic (exact) mass is 214 g/mol. The molecule has 0 aliphatic heterocycles. The molecule has 1 rings (SSSR count). The van der Waals surface area contributed by atoms with Crippen molar-refractivity contribution in [3.8, 4) is 0 Å². The van der Waals surface area contributed by atoms with Gasteiger partial charge in [-0.3, -0.25) is 4.79 Å². The van der Waals surface area contributed by atoms with Crippen LogP contribution in [0.25, 0.3) is 0 Å². The summed E-state index contributed by atoms with van der Waals surface area (Å²) in [5.74, 6) is 0. The van der Waals surface area contributed by atoms with Crippen molar-refractivity contribution in [2.45, 2.75) is 25.7 Å². The van der Waals surface area contributed by atoms with E-state index in [2.05, 4.69) is 0 Å². The molecule has 0 spiro atoms. The molecule has 0 bridgehead atoms. The molecule has 0 N–H and O–H groups in total. The lowest BCUT2D eigenvalue weighted by Crippen LogP contribution is -1.87. The van der Waals surface area contributed by atoms with Crippen LogP contribution >= 0.6 is 23.4 Å². The number of carbonyl (C=O) groups is 1. The topological polar surface area (TPSA) is 17.1 Å². The zero-order valence-corrected chi connectivity index (χ0v) is 9.42. The van der Waals surface area contributed by atoms with E-state index in [9.17, 15) is 4.79 Å². The SMILES string of the molecule is CC(=O)Sc1cc(C)c(Cl)cc1C. The van der Waals surface area contributed by atoms with Crippen LogP contribution in [0.15, 0.2) is 17.0 Å². The zero-order valence-electron chi connectivity index (χ0n) is 7.85. The van der Waals surface area contributed by atoms with Crippen LogP contribution in [0.3, 0.4) is 0 Å². The molecule has 1 aromatic rings. The molecule has 1 nitrogen and oxygen atoms in total. The van der Waals surface area contributed by atoms with Gasteiger partial charge in [0, 0.05) is 16.8 Å². The average molecular weight is 215 g/mol. The van der Waals surface area contributed by atoms with Gasteiger partial charge in [0.25, 0.3) is 0 Å². The molecular weight excluding hydrogens is 204 g/mol. The predicted octanol–water partition coefficient (Wildman–Crippen LogP) is 3.60. The Hall–Kier alpha value is -0.470. The molecule has 0 aromatic heterocycles. The van der Waals surface area contributed by atoms with Crippen LogP contribution in [0.5, 0.6) is 0 Å². The van der Waals surface area contributed by atoms with Crippen LogP contribution in [0.1, 0.15) is 18.1 Å². The lowest BCUT2D eigenvalue weighted by Gasteiger charge is -2.05. The van der Waals surface area contributed by atoms with Gasteiger partial charge in [0.05, 0.1) is 0 Å². The Morgan fingerprint density at radius 3 is 2.46 bits per heavy atom. The van der Waals surface area contributed by atoms with Gasteiger partial charge in [-0.25, -0.2) is 0 Å². The maximum atomic E-state index is 10.9. The second-order valence-electron chi connectivity index (χ2n) is 2.96. The lowest BCUT2D eigenvalue weighted by molar-refractivity contribution is -0.109. The summed E-state index contributed by atoms with van der Waals surface area (Å²) < 4.78 is 0. The minimum Gasteiger partial charge on any atom is -0.287 e. The number of thioether (sulfide) groups is 1. The summed E-state index contributed by atoms with van der Waals surface area (Å²) in [6, 6.07) is 3.84. The summed E-state index contributed by atoms with van der Waals surface area (Å²) in [5.41, 5.74) is 2.06. The zero-order chi connectivity index (χ0) is 10.0. The predicted molar refractivity (Wildman–Crippen MR) is 57.5 cm³/mol. The normalized spacial score (nSPS) is 10.2. The van der Waals surface area contributed by atoms with Gasteiger partial charge in [0.1, 0.15) is 0 Å². The van der Waals surface area contributed by atoms with Crippen LogP contribution < -0.4 is 0 Å². The van der Waals surface area contributed by atoms with Gasteiger partial charge in [-0.05, 0) is 37.1 Å². The summed E-state index contributed by atoms with van der Waals surface area (Å²) in [7, 11) is 0. The van der Waals surface area contributed by atoms with Crippen LogP contribution in [0, 0.1) is 13.8 Å². The van der Waals surface area contributed by atoms with E-state index in [-0.39, 0.29) is 5.12 Å². The minimum atomic E-state index is 0.102. The number of benzene rings is 1. The summed E-state index contributed by atoms with van der Waals surface area (Å²) in [4.78, 5) is 11.9. The second kappa shape index (κ2) is 4.16. The first-order chi connectivity index (χ1) is 6.00. The van der Waals surface area contributed by atoms with Crippen molar-refractivity contribution < 1.29 is 4.79 Å². The van der Waals surface area contributed by atoms with E-state index in [1.165, 1.54) is 11.8 Å². The second-order valence-corrected chi connectivity index (χ2v) is 4.59. The fourth-order valence-electron chi connectivity index (χ4n) is 1.02. The Morgan fingerprint density at radius 2 is 1.92 bits per heavy atom. The molecule has 0 saturated heterocycles. The van der Waals surface area contributed by atoms with Crippen LogP contribution in [-0.4, -0.2) is 5.12 Å². The third-order valence-corrected chi connectivity index (χ3v) is 3.06. The maximum absolute atomic E-state index is 10.9. The first-order valence-electron chi connectivity index (χ1n) is 3.96. The number of hydrogen-bond donors (Lipinski definition) is 0. The van der Waals surface area contributed by atoms with Gasteiger partial charge < -0.3 is 0 Å². The molecule has 0 amide bonds. The Bertz CT molecular complexity index is 347. The highest BCUT2D eigenvalue weighted by atomic mass is 35.5. The molecule has 13 heavy (non-hydrogen) atoms. The molecular formula is C10H11ClOS. The number of halogens is 1. The third kappa shape index (κ3) is 2.75. The highest BCUT2D eigenvalue weighted by Gasteiger charge is 2.05. The molecule has 70 valence electrons. The van der Waals surface area contributed by atoms with Gasteiger partial charge in [0.15, 0.2) is 5.12 Å². The van der Waals surface area contributed by atoms with Gasteiger partial charge in [-0.1, -0.05) is 23.4 Å². The van der Waals surface area contributed by atoms with Gasteiger partial charge >= 0.3 is 0 Å². The molecule has 0 fully saturated rings. The first kappa shape index (κ1) is 10.6. The van der Waals surface area contributed by atoms with Crippen LogP contribution in [0.2, 0.25) is 5.02 Å². The number of rotatable bonds is 1. The molecule has 3 heteroatoms. The van der Waals surface area contributed by atoms with E-state index >= 15 is 0 Å². The number of carbonyl (C=O) groups excluding carboxylic acids is 1. The lowest BCUT2D eigenvalue weighted by atomic mass is 10.2. The Morgan fingerprint density at radius 1 is 1.31 bits per heavy atom. The first-order valence-corrected chi connectivity index (χ1v) is 5.15. The third-order valence-electron chi connectivity index (χ3n) is 1.71. The largest absolute Gasteiger partial charge is 0.287 e. The van der Waals surface area contributed by atoms with Crippen molar-refractivity contribution in [2.24, 2.45) is 0 Å². The fraction of sp³-hybridized carbons (Fsp3) is 0.300. The van der Waals surface area contributed by atoms with Gasteiger partial charge in [-0.2, -0.15) is 0 Å². The van der Waals surface area contributed by atoms with Crippen molar-refractivity contribution in [3.63, 3.8) is 0 Å². The minimum absolute atomic E-state index is 0.102. The molecule has 0 aliphatic carbocycles. The van der Waals surface area contributed by atoms with Crippen molar-refractivity contribution in [2.75, 3.05) is 0 Å². The number of aryl methyl sites for hydroxylation is 2. The highest BCUT2D eigenvalue weighted by molar-refractivity contribution is 8.13. The van der Waals surface area contributed by atoms with Crippen LogP contribution in [0.4, 0.5) is 0 Å². The fourth-order valence-corrected chi connectivity index (χ4v) is 2.00. The van der Waals surface area contributed by atoms with E-state index in [4.69, 9.17) is 11.6 Å². The number of hydrogen-bond acceptors (Lipinski definition) is 2. The highest BCUT2D eigenvalue weighted by Crippen LogP contribution is 2.28. The van der Waals surface area contributed by atoms with Crippen molar-refractivity contribution in [3.05, 3.63) is 28.3 Å². The molecule has 0 aliphatic rings. The Balaban J connectivity index is 3.08. The standard InChI is InChI=1S/C10H11ClOS/c1-6-5-10(13-8(3)12)7(2)4-9(6)11/h4-5H,1-3H3. The molecule has 0 unspecified atom stereocenters. The average Bonchev–Trinajstić information content (AvgIpc) is 1.99. The van der Waals surface area contributed by atoms with Crippen LogP contribution in [-0.2, 0) is 4.79 Å². The molecule has 0 atom stereocenters. The molecule has 0 radical (unpaired) electrons. The van der Waals surface area contributed by atoms with E-state index < -0.39 is 0 Å². The maximum Gasteiger partial charge on any atom is 0.190 e. The quantitative estimate of drug-likeness (QED) is 0.665. The summed E-state index contributed by atoms with van der Waals surface area (Å²) in [6.07, 6.45) is 0. The summed E-state index contributed by atoms with van der Waals surface area (Å²) in [6.45, 7) is 5.45. The summed E-state index contributed by atoms with van der Waals surface area (Å²) in [5, 5.41) is 0.857. The molecule has 1 aromatic carbocycles. The Labute approximate surface area is 87.5 Å². The van der Waals surface area contributed by atoms with Gasteiger partial charge in [-0.15, -0.1) is 0 Å².